The molecule has 6 aromatic rings. The van der Waals surface area contributed by atoms with Crippen LogP contribution in [0.2, 0.25) is 0 Å². The Balaban J connectivity index is 1.40. The highest BCUT2D eigenvalue weighted by molar-refractivity contribution is 5.85. The summed E-state index contributed by atoms with van der Waals surface area (Å²) in [5, 5.41) is 0. The normalized spacial score (nSPS) is 12.9. The molecule has 0 spiro atoms. The van der Waals surface area contributed by atoms with E-state index >= 15 is 0 Å². The van der Waals surface area contributed by atoms with Crippen molar-refractivity contribution < 1.29 is 13.5 Å². The van der Waals surface area contributed by atoms with Gasteiger partial charge in [-0.1, -0.05) is 72.8 Å². The summed E-state index contributed by atoms with van der Waals surface area (Å²) in [5.74, 6) is -1.16. The minimum atomic E-state index is -0.793. The number of benzene rings is 4. The van der Waals surface area contributed by atoms with Crippen molar-refractivity contribution in [1.29, 1.82) is 0 Å². The van der Waals surface area contributed by atoms with Gasteiger partial charge < -0.3 is 4.74 Å². The molecular formula is C35H22F2N2O. The topological polar surface area (TPSA) is 35.0 Å². The van der Waals surface area contributed by atoms with Crippen LogP contribution in [0.4, 0.5) is 8.78 Å². The smallest absolute Gasteiger partial charge is 0.168 e. The van der Waals surface area contributed by atoms with Gasteiger partial charge in [0.05, 0.1) is 16.8 Å². The highest BCUT2D eigenvalue weighted by Gasteiger charge is 2.47. The van der Waals surface area contributed by atoms with Crippen LogP contribution in [0, 0.1) is 11.6 Å². The van der Waals surface area contributed by atoms with E-state index in [2.05, 4.69) is 29.2 Å². The summed E-state index contributed by atoms with van der Waals surface area (Å²) in [6.45, 7) is 0. The molecule has 0 bridgehead atoms. The maximum Gasteiger partial charge on any atom is 0.168 e. The third kappa shape index (κ3) is 3.70. The molecule has 7 rings (SSSR count). The lowest BCUT2D eigenvalue weighted by Crippen LogP contribution is -2.29. The molecule has 0 amide bonds. The van der Waals surface area contributed by atoms with Crippen LogP contribution >= 0.6 is 0 Å². The molecule has 0 fully saturated rings. The average molecular weight is 525 g/mol. The molecule has 2 heterocycles. The summed E-state index contributed by atoms with van der Waals surface area (Å²) in [7, 11) is 0. The summed E-state index contributed by atoms with van der Waals surface area (Å²) in [4.78, 5) is 9.05. The second-order valence-corrected chi connectivity index (χ2v) is 9.66. The summed E-state index contributed by atoms with van der Waals surface area (Å²) < 4.78 is 35.8. The van der Waals surface area contributed by atoms with E-state index in [9.17, 15) is 8.78 Å². The maximum absolute atomic E-state index is 15.0. The Morgan fingerprint density at radius 3 is 1.90 bits per heavy atom. The Morgan fingerprint density at radius 2 is 1.23 bits per heavy atom. The molecule has 192 valence electrons. The number of hydrogen-bond donors (Lipinski definition) is 0. The van der Waals surface area contributed by atoms with Crippen molar-refractivity contribution in [3.8, 4) is 33.9 Å². The number of fused-ring (bicyclic) bond motifs is 3. The van der Waals surface area contributed by atoms with Gasteiger partial charge in [-0.05, 0) is 70.3 Å². The lowest BCUT2D eigenvalue weighted by Gasteiger charge is -2.32. The predicted molar refractivity (Wildman–Crippen MR) is 151 cm³/mol. The van der Waals surface area contributed by atoms with Gasteiger partial charge in [0.15, 0.2) is 11.6 Å². The van der Waals surface area contributed by atoms with Gasteiger partial charge in [-0.2, -0.15) is 0 Å². The number of ether oxygens (including phenoxy) is 1. The SMILES string of the molecule is Fc1cc(F)c(-c2ccccn2)cc1Oc1cccc(C2(c3ccccn3)c3ccccc3-c3ccccc32)c1. The number of hydrogen-bond acceptors (Lipinski definition) is 3. The van der Waals surface area contributed by atoms with E-state index in [-0.39, 0.29) is 11.3 Å². The summed E-state index contributed by atoms with van der Waals surface area (Å²) in [6, 6.07) is 37.6. The molecule has 1 aliphatic rings. The van der Waals surface area contributed by atoms with Crippen molar-refractivity contribution in [3.05, 3.63) is 168 Å². The Labute approximate surface area is 230 Å². The van der Waals surface area contributed by atoms with Crippen LogP contribution in [-0.4, -0.2) is 9.97 Å². The van der Waals surface area contributed by atoms with Crippen molar-refractivity contribution in [2.45, 2.75) is 5.41 Å². The Bertz CT molecular complexity index is 1810. The Kier molecular flexibility index (Phi) is 5.71. The molecule has 0 unspecified atom stereocenters. The quantitative estimate of drug-likeness (QED) is 0.226. The Hall–Kier alpha value is -5.16. The van der Waals surface area contributed by atoms with Crippen LogP contribution < -0.4 is 4.74 Å². The highest BCUT2D eigenvalue weighted by Crippen LogP contribution is 2.55. The molecule has 4 aromatic carbocycles. The van der Waals surface area contributed by atoms with Crippen LogP contribution in [0.1, 0.15) is 22.4 Å². The standard InChI is InChI=1S/C35H22F2N2O/c36-30-22-31(37)33(21-27(30)32-16-5-7-18-38-32)40-24-11-9-10-23(20-24)35(34-17-6-8-19-39-34)28-14-3-1-12-25(28)26-13-2-4-15-29(26)35/h1-22H. The van der Waals surface area contributed by atoms with Gasteiger partial charge >= 0.3 is 0 Å². The van der Waals surface area contributed by atoms with Gasteiger partial charge in [-0.15, -0.1) is 0 Å². The number of nitrogens with zero attached hydrogens (tertiary/aromatic N) is 2. The van der Waals surface area contributed by atoms with Gasteiger partial charge in [0.25, 0.3) is 0 Å². The first-order chi connectivity index (χ1) is 19.7. The summed E-state index contributed by atoms with van der Waals surface area (Å²) >= 11 is 0. The van der Waals surface area contributed by atoms with Crippen molar-refractivity contribution in [1.82, 2.24) is 9.97 Å². The zero-order chi connectivity index (χ0) is 27.1. The fourth-order valence-corrected chi connectivity index (χ4v) is 5.80. The van der Waals surface area contributed by atoms with Crippen molar-refractivity contribution >= 4 is 0 Å². The molecule has 0 saturated heterocycles. The number of pyridine rings is 2. The molecule has 1 aliphatic carbocycles. The van der Waals surface area contributed by atoms with Crippen molar-refractivity contribution in [3.63, 3.8) is 0 Å². The van der Waals surface area contributed by atoms with E-state index in [0.29, 0.717) is 11.4 Å². The van der Waals surface area contributed by atoms with E-state index < -0.39 is 17.0 Å². The number of rotatable bonds is 5. The van der Waals surface area contributed by atoms with E-state index in [0.717, 1.165) is 39.6 Å². The van der Waals surface area contributed by atoms with Gasteiger partial charge in [0.2, 0.25) is 0 Å². The van der Waals surface area contributed by atoms with Crippen LogP contribution in [0.25, 0.3) is 22.4 Å². The third-order valence-electron chi connectivity index (χ3n) is 7.46. The minimum absolute atomic E-state index is 0.0849. The minimum Gasteiger partial charge on any atom is -0.454 e. The molecule has 0 aliphatic heterocycles. The first-order valence-electron chi connectivity index (χ1n) is 13.0. The molecule has 0 atom stereocenters. The predicted octanol–water partition coefficient (Wildman–Crippen LogP) is 8.58. The summed E-state index contributed by atoms with van der Waals surface area (Å²) in [6.07, 6.45) is 3.37. The van der Waals surface area contributed by atoms with E-state index in [4.69, 9.17) is 9.72 Å². The van der Waals surface area contributed by atoms with Gasteiger partial charge in [-0.3, -0.25) is 9.97 Å². The molecule has 2 aromatic heterocycles. The molecule has 0 N–H and O–H groups in total. The fraction of sp³-hybridized carbons (Fsp3) is 0.0286. The first-order valence-corrected chi connectivity index (χ1v) is 13.0. The number of aromatic nitrogens is 2. The van der Waals surface area contributed by atoms with Gasteiger partial charge in [0.1, 0.15) is 11.6 Å². The largest absolute Gasteiger partial charge is 0.454 e. The summed E-state index contributed by atoms with van der Waals surface area (Å²) in [5.41, 5.74) is 6.13. The fourth-order valence-electron chi connectivity index (χ4n) is 5.80. The lowest BCUT2D eigenvalue weighted by atomic mass is 9.70. The first kappa shape index (κ1) is 23.9. The maximum atomic E-state index is 15.0. The van der Waals surface area contributed by atoms with Crippen molar-refractivity contribution in [2.24, 2.45) is 0 Å². The third-order valence-corrected chi connectivity index (χ3v) is 7.46. The monoisotopic (exact) mass is 524 g/mol. The van der Waals surface area contributed by atoms with Crippen LogP contribution in [0.3, 0.4) is 0 Å². The molecule has 0 saturated carbocycles. The Morgan fingerprint density at radius 1 is 0.550 bits per heavy atom. The van der Waals surface area contributed by atoms with Crippen molar-refractivity contribution in [2.75, 3.05) is 0 Å². The van der Waals surface area contributed by atoms with E-state index in [1.807, 2.05) is 60.7 Å². The molecule has 5 heteroatoms. The van der Waals surface area contributed by atoms with Gasteiger partial charge in [-0.25, -0.2) is 8.78 Å². The van der Waals surface area contributed by atoms with Crippen LogP contribution in [-0.2, 0) is 5.41 Å². The van der Waals surface area contributed by atoms with Crippen LogP contribution in [0.5, 0.6) is 11.5 Å². The zero-order valence-electron chi connectivity index (χ0n) is 21.3. The molecule has 0 radical (unpaired) electrons. The molecular weight excluding hydrogens is 502 g/mol. The zero-order valence-corrected chi connectivity index (χ0v) is 21.3. The average Bonchev–Trinajstić information content (AvgIpc) is 3.31. The van der Waals surface area contributed by atoms with Crippen LogP contribution in [0.15, 0.2) is 134 Å². The lowest BCUT2D eigenvalue weighted by molar-refractivity contribution is 0.437. The molecule has 40 heavy (non-hydrogen) atoms. The number of halogens is 2. The highest BCUT2D eigenvalue weighted by atomic mass is 19.1. The second kappa shape index (κ2) is 9.54. The second-order valence-electron chi connectivity index (χ2n) is 9.66. The van der Waals surface area contributed by atoms with Gasteiger partial charge in [0, 0.05) is 24.0 Å². The molecule has 3 nitrogen and oxygen atoms in total. The van der Waals surface area contributed by atoms with E-state index in [1.165, 1.54) is 6.07 Å². The van der Waals surface area contributed by atoms with E-state index in [1.54, 1.807) is 36.7 Å².